The number of halogens is 1. The van der Waals surface area contributed by atoms with Crippen molar-refractivity contribution in [1.29, 1.82) is 0 Å². The molecule has 6 nitrogen and oxygen atoms in total. The average Bonchev–Trinajstić information content (AvgIpc) is 3.18. The lowest BCUT2D eigenvalue weighted by atomic mass is 9.80. The van der Waals surface area contributed by atoms with E-state index in [0.717, 1.165) is 6.42 Å². The van der Waals surface area contributed by atoms with E-state index in [1.165, 1.54) is 0 Å². The molecule has 1 aromatic rings. The van der Waals surface area contributed by atoms with Gasteiger partial charge in [-0.25, -0.2) is 0 Å². The highest BCUT2D eigenvalue weighted by Gasteiger charge is 2.68. The molecule has 4 rings (SSSR count). The Hall–Kier alpha value is -1.89. The Labute approximate surface area is 147 Å². The van der Waals surface area contributed by atoms with Gasteiger partial charge in [0.2, 0.25) is 0 Å². The first-order valence-electron chi connectivity index (χ1n) is 7.92. The van der Waals surface area contributed by atoms with E-state index in [1.54, 1.807) is 24.3 Å². The first kappa shape index (κ1) is 15.6. The zero-order valence-corrected chi connectivity index (χ0v) is 14.3. The number of alkyl halides is 1. The first-order valence-corrected chi connectivity index (χ1v) is 8.84. The van der Waals surface area contributed by atoms with Gasteiger partial charge in [-0.15, -0.1) is 0 Å². The van der Waals surface area contributed by atoms with Crippen molar-refractivity contribution in [3.63, 3.8) is 0 Å². The molecule has 1 aliphatic heterocycles. The minimum Gasteiger partial charge on any atom is -0.461 e. The largest absolute Gasteiger partial charge is 0.461 e. The van der Waals surface area contributed by atoms with Gasteiger partial charge in [-0.05, 0) is 24.5 Å². The predicted molar refractivity (Wildman–Crippen MR) is 87.2 cm³/mol. The Morgan fingerprint density at radius 3 is 2.75 bits per heavy atom. The third-order valence-corrected chi connectivity index (χ3v) is 6.40. The zero-order valence-electron chi connectivity index (χ0n) is 12.7. The fourth-order valence-electron chi connectivity index (χ4n) is 4.25. The maximum absolute atomic E-state index is 12.4. The van der Waals surface area contributed by atoms with Crippen LogP contribution in [0.25, 0.3) is 0 Å². The monoisotopic (exact) mass is 393 g/mol. The number of carbonyl (C=O) groups is 3. The van der Waals surface area contributed by atoms with Crippen molar-refractivity contribution in [2.75, 3.05) is 11.9 Å². The Bertz CT molecular complexity index is 693. The summed E-state index contributed by atoms with van der Waals surface area (Å²) in [6.07, 6.45) is 0.658. The van der Waals surface area contributed by atoms with Crippen molar-refractivity contribution in [2.24, 2.45) is 23.7 Å². The second-order valence-corrected chi connectivity index (χ2v) is 7.54. The van der Waals surface area contributed by atoms with Gasteiger partial charge in [-0.2, -0.15) is 0 Å². The van der Waals surface area contributed by atoms with Gasteiger partial charge in [-0.3, -0.25) is 14.4 Å². The summed E-state index contributed by atoms with van der Waals surface area (Å²) in [4.78, 5) is 36.3. The van der Waals surface area contributed by atoms with Crippen molar-refractivity contribution >= 4 is 39.5 Å². The van der Waals surface area contributed by atoms with Gasteiger partial charge in [0.05, 0.1) is 16.7 Å². The minimum absolute atomic E-state index is 0.0131. The van der Waals surface area contributed by atoms with Gasteiger partial charge in [0.15, 0.2) is 6.61 Å². The van der Waals surface area contributed by atoms with Crippen LogP contribution in [0.4, 0.5) is 5.69 Å². The van der Waals surface area contributed by atoms with Crippen molar-refractivity contribution < 1.29 is 23.9 Å². The number of fused-ring (bicyclic) bond motifs is 1. The highest BCUT2D eigenvalue weighted by atomic mass is 79.9. The van der Waals surface area contributed by atoms with Crippen LogP contribution in [0.15, 0.2) is 30.3 Å². The second kappa shape index (κ2) is 5.88. The number of rotatable bonds is 4. The van der Waals surface area contributed by atoms with Crippen LogP contribution in [0, 0.1) is 23.7 Å². The minimum atomic E-state index is -0.518. The van der Waals surface area contributed by atoms with Gasteiger partial charge < -0.3 is 14.8 Å². The maximum atomic E-state index is 12.4. The fourth-order valence-corrected chi connectivity index (χ4v) is 5.29. The SMILES string of the molecule is O=C(COC(=O)[C@@H]1[C@H]2C[C@H]3[C@H](OC(=O)[C@@H]31)[C@@H]2Br)Nc1ccccc1. The van der Waals surface area contributed by atoms with Crippen LogP contribution in [-0.4, -0.2) is 35.4 Å². The lowest BCUT2D eigenvalue weighted by Crippen LogP contribution is -2.39. The molecule has 3 aliphatic rings. The van der Waals surface area contributed by atoms with E-state index in [-0.39, 0.29) is 35.3 Å². The van der Waals surface area contributed by atoms with Gasteiger partial charge in [0.1, 0.15) is 6.10 Å². The molecular weight excluding hydrogens is 378 g/mol. The number of ether oxygens (including phenoxy) is 2. The Kier molecular flexibility index (Phi) is 3.83. The van der Waals surface area contributed by atoms with E-state index >= 15 is 0 Å². The highest BCUT2D eigenvalue weighted by molar-refractivity contribution is 9.09. The zero-order chi connectivity index (χ0) is 16.8. The average molecular weight is 394 g/mol. The molecule has 1 N–H and O–H groups in total. The van der Waals surface area contributed by atoms with Gasteiger partial charge >= 0.3 is 11.9 Å². The van der Waals surface area contributed by atoms with Crippen LogP contribution in [0.5, 0.6) is 0 Å². The summed E-state index contributed by atoms with van der Waals surface area (Å²) in [5, 5.41) is 2.66. The lowest BCUT2D eigenvalue weighted by Gasteiger charge is -2.26. The molecule has 2 aliphatic carbocycles. The quantitative estimate of drug-likeness (QED) is 0.622. The number of carbonyl (C=O) groups excluding carboxylic acids is 3. The molecule has 0 radical (unpaired) electrons. The van der Waals surface area contributed by atoms with E-state index in [4.69, 9.17) is 9.47 Å². The normalized spacial score (nSPS) is 35.6. The van der Waals surface area contributed by atoms with E-state index < -0.39 is 23.7 Å². The van der Waals surface area contributed by atoms with Gasteiger partial charge in [-0.1, -0.05) is 34.1 Å². The summed E-state index contributed by atoms with van der Waals surface area (Å²) in [7, 11) is 0. The van der Waals surface area contributed by atoms with Gasteiger partial charge in [0.25, 0.3) is 5.91 Å². The molecule has 6 atom stereocenters. The third-order valence-electron chi connectivity index (χ3n) is 5.20. The van der Waals surface area contributed by atoms with Crippen LogP contribution >= 0.6 is 15.9 Å². The standard InChI is InChI=1S/C17H16BrNO5/c18-14-9-6-10-13(17(22)24-15(10)14)12(9)16(21)23-7-11(20)19-8-4-2-1-3-5-8/h1-5,9-10,12-15H,6-7H2,(H,19,20)/t9-,10-,12-,13+,14-,15+/m1/s1. The lowest BCUT2D eigenvalue weighted by molar-refractivity contribution is -0.157. The molecule has 126 valence electrons. The molecule has 0 unspecified atom stereocenters. The summed E-state index contributed by atoms with van der Waals surface area (Å²) >= 11 is 3.54. The van der Waals surface area contributed by atoms with Crippen LogP contribution in [0.1, 0.15) is 6.42 Å². The Balaban J connectivity index is 1.37. The van der Waals surface area contributed by atoms with E-state index in [1.807, 2.05) is 6.07 Å². The molecule has 1 saturated heterocycles. The highest BCUT2D eigenvalue weighted by Crippen LogP contribution is 2.60. The molecule has 1 amide bonds. The number of amides is 1. The van der Waals surface area contributed by atoms with Crippen LogP contribution in [-0.2, 0) is 23.9 Å². The predicted octanol–water partition coefficient (Wildman–Crippen LogP) is 1.74. The molecule has 2 bridgehead atoms. The van der Waals surface area contributed by atoms with E-state index in [0.29, 0.717) is 5.69 Å². The smallest absolute Gasteiger partial charge is 0.310 e. The van der Waals surface area contributed by atoms with E-state index in [9.17, 15) is 14.4 Å². The number of hydrogen-bond acceptors (Lipinski definition) is 5. The summed E-state index contributed by atoms with van der Waals surface area (Å²) in [6, 6.07) is 8.94. The topological polar surface area (TPSA) is 81.7 Å². The molecular formula is C17H16BrNO5. The van der Waals surface area contributed by atoms with Crippen molar-refractivity contribution in [3.05, 3.63) is 30.3 Å². The summed E-state index contributed by atoms with van der Waals surface area (Å²) in [5.41, 5.74) is 0.640. The molecule has 0 aromatic heterocycles. The van der Waals surface area contributed by atoms with Crippen molar-refractivity contribution in [1.82, 2.24) is 0 Å². The molecule has 2 saturated carbocycles. The number of anilines is 1. The Morgan fingerprint density at radius 1 is 1.25 bits per heavy atom. The van der Waals surface area contributed by atoms with Gasteiger partial charge in [0, 0.05) is 11.6 Å². The van der Waals surface area contributed by atoms with Crippen LogP contribution < -0.4 is 5.32 Å². The van der Waals surface area contributed by atoms with Crippen LogP contribution in [0.3, 0.4) is 0 Å². The maximum Gasteiger partial charge on any atom is 0.310 e. The third kappa shape index (κ3) is 2.42. The summed E-state index contributed by atoms with van der Waals surface area (Å²) in [5.74, 6) is -2.03. The molecule has 7 heteroatoms. The summed E-state index contributed by atoms with van der Waals surface area (Å²) < 4.78 is 10.5. The van der Waals surface area contributed by atoms with E-state index in [2.05, 4.69) is 21.2 Å². The molecule has 1 heterocycles. The second-order valence-electron chi connectivity index (χ2n) is 6.48. The number of esters is 2. The Morgan fingerprint density at radius 2 is 2.00 bits per heavy atom. The molecule has 1 aromatic carbocycles. The molecule has 24 heavy (non-hydrogen) atoms. The van der Waals surface area contributed by atoms with Crippen molar-refractivity contribution in [3.8, 4) is 0 Å². The molecule has 3 fully saturated rings. The van der Waals surface area contributed by atoms with Crippen LogP contribution in [0.2, 0.25) is 0 Å². The first-order chi connectivity index (χ1) is 11.6. The number of para-hydroxylation sites is 1. The number of hydrogen-bond donors (Lipinski definition) is 1. The molecule has 0 spiro atoms. The fraction of sp³-hybridized carbons (Fsp3) is 0.471. The van der Waals surface area contributed by atoms with Crippen molar-refractivity contribution in [2.45, 2.75) is 17.4 Å². The summed E-state index contributed by atoms with van der Waals surface area (Å²) in [6.45, 7) is -0.361. The number of nitrogens with one attached hydrogen (secondary N) is 1. The number of benzene rings is 1.